The quantitative estimate of drug-likeness (QED) is 0.461. The molecule has 2 fully saturated rings. The fourth-order valence-electron chi connectivity index (χ4n) is 5.05. The van der Waals surface area contributed by atoms with E-state index in [9.17, 15) is 15.0 Å². The summed E-state index contributed by atoms with van der Waals surface area (Å²) in [7, 11) is 1.64. The summed E-state index contributed by atoms with van der Waals surface area (Å²) >= 11 is 2.09. The van der Waals surface area contributed by atoms with Crippen molar-refractivity contribution in [2.75, 3.05) is 32.5 Å². The molecule has 6 nitrogen and oxygen atoms in total. The van der Waals surface area contributed by atoms with Crippen molar-refractivity contribution in [1.29, 1.82) is 0 Å². The van der Waals surface area contributed by atoms with Gasteiger partial charge in [-0.3, -0.25) is 9.78 Å². The summed E-state index contributed by atoms with van der Waals surface area (Å²) < 4.78 is 5.36. The molecule has 1 aromatic heterocycles. The summed E-state index contributed by atoms with van der Waals surface area (Å²) in [6.45, 7) is 3.16. The third-order valence-corrected chi connectivity index (χ3v) is 8.50. The molecule has 2 aliphatic rings. The number of ether oxygens (including phenoxy) is 1. The molecule has 1 aromatic carbocycles. The first-order chi connectivity index (χ1) is 16.0. The number of aromatic nitrogens is 1. The lowest BCUT2D eigenvalue weighted by Crippen LogP contribution is -2.41. The summed E-state index contributed by atoms with van der Waals surface area (Å²) in [5.41, 5.74) is 1.74. The molecule has 1 saturated carbocycles. The van der Waals surface area contributed by atoms with E-state index < -0.39 is 12.1 Å². The molecule has 1 aliphatic carbocycles. The lowest BCUT2D eigenvalue weighted by atomic mass is 9.79. The van der Waals surface area contributed by atoms with Gasteiger partial charge in [-0.25, -0.2) is 0 Å². The van der Waals surface area contributed by atoms with E-state index in [1.54, 1.807) is 13.3 Å². The van der Waals surface area contributed by atoms with Crippen molar-refractivity contribution in [3.63, 3.8) is 0 Å². The van der Waals surface area contributed by atoms with Crippen LogP contribution in [0.1, 0.15) is 56.6 Å². The number of benzene rings is 1. The van der Waals surface area contributed by atoms with Crippen LogP contribution >= 0.6 is 11.8 Å². The first-order valence-electron chi connectivity index (χ1n) is 12.2. The summed E-state index contributed by atoms with van der Waals surface area (Å²) in [5, 5.41) is 22.1. The van der Waals surface area contributed by atoms with Gasteiger partial charge in [-0.1, -0.05) is 0 Å². The van der Waals surface area contributed by atoms with Crippen LogP contribution in [0.4, 0.5) is 0 Å². The molecule has 180 valence electrons. The number of hydrogen-bond donors (Lipinski definition) is 2. The number of likely N-dealkylation sites (tertiary alicyclic amines) is 1. The fourth-order valence-corrected chi connectivity index (χ4v) is 6.22. The van der Waals surface area contributed by atoms with Crippen molar-refractivity contribution in [2.24, 2.45) is 11.8 Å². The summed E-state index contributed by atoms with van der Waals surface area (Å²) in [5.74, 6) is 2.05. The van der Waals surface area contributed by atoms with Crippen molar-refractivity contribution in [1.82, 2.24) is 9.88 Å². The number of aliphatic hydroxyl groups excluding tert-OH is 1. The van der Waals surface area contributed by atoms with Crippen molar-refractivity contribution < 1.29 is 19.7 Å². The number of carboxylic acid groups (broad SMARTS) is 1. The predicted octanol–water partition coefficient (Wildman–Crippen LogP) is 4.76. The van der Waals surface area contributed by atoms with Gasteiger partial charge in [0.05, 0.1) is 18.7 Å². The van der Waals surface area contributed by atoms with Crippen molar-refractivity contribution in [2.45, 2.75) is 56.3 Å². The van der Waals surface area contributed by atoms with E-state index in [1.807, 2.05) is 24.3 Å². The first kappa shape index (κ1) is 24.3. The Morgan fingerprint density at radius 2 is 2.09 bits per heavy atom. The summed E-state index contributed by atoms with van der Waals surface area (Å²) in [4.78, 5) is 18.2. The molecule has 0 amide bonds. The highest BCUT2D eigenvalue weighted by atomic mass is 32.2. The standard InChI is InChI=1S/C26H36N2O4S/c1-32-20-4-7-24-23(16-20)22(10-12-27-24)25(29)8-2-18-11-13-28(14-15-33-21-5-6-21)17-19(18)3-9-26(30)31/h4,7,10,12,16,18-19,21,25,29H,2-3,5-6,8-9,11,13-15,17H2,1H3,(H,30,31)/t18?,19?,25-/m0/s1. The maximum atomic E-state index is 11.2. The zero-order valence-electron chi connectivity index (χ0n) is 19.5. The molecule has 0 bridgehead atoms. The van der Waals surface area contributed by atoms with E-state index >= 15 is 0 Å². The van der Waals surface area contributed by atoms with E-state index in [2.05, 4.69) is 21.6 Å². The number of nitrogens with zero attached hydrogens (tertiary/aromatic N) is 2. The van der Waals surface area contributed by atoms with Gasteiger partial charge in [0.25, 0.3) is 0 Å². The lowest BCUT2D eigenvalue weighted by Gasteiger charge is -2.39. The zero-order chi connectivity index (χ0) is 23.2. The Labute approximate surface area is 200 Å². The van der Waals surface area contributed by atoms with E-state index in [0.717, 1.165) is 66.4 Å². The van der Waals surface area contributed by atoms with E-state index in [1.165, 1.54) is 18.6 Å². The van der Waals surface area contributed by atoms with Crippen molar-refractivity contribution in [3.05, 3.63) is 36.0 Å². The molecule has 0 spiro atoms. The maximum Gasteiger partial charge on any atom is 0.303 e. The van der Waals surface area contributed by atoms with Gasteiger partial charge in [-0.15, -0.1) is 0 Å². The molecule has 2 N–H and O–H groups in total. The monoisotopic (exact) mass is 472 g/mol. The van der Waals surface area contributed by atoms with E-state index in [-0.39, 0.29) is 6.42 Å². The smallest absolute Gasteiger partial charge is 0.303 e. The Bertz CT molecular complexity index is 936. The number of methoxy groups -OCH3 is 1. The van der Waals surface area contributed by atoms with E-state index in [0.29, 0.717) is 18.3 Å². The second-order valence-electron chi connectivity index (χ2n) is 9.49. The number of hydrogen-bond acceptors (Lipinski definition) is 6. The van der Waals surface area contributed by atoms with Crippen LogP contribution in [-0.4, -0.2) is 63.8 Å². The van der Waals surface area contributed by atoms with Crippen molar-refractivity contribution >= 4 is 28.6 Å². The van der Waals surface area contributed by atoms with Gasteiger partial charge in [0.2, 0.25) is 0 Å². The summed E-state index contributed by atoms with van der Waals surface area (Å²) in [6.07, 6.45) is 7.52. The predicted molar refractivity (Wildman–Crippen MR) is 133 cm³/mol. The maximum absolute atomic E-state index is 11.2. The molecule has 1 aliphatic heterocycles. The average Bonchev–Trinajstić information content (AvgIpc) is 3.65. The minimum absolute atomic E-state index is 0.225. The number of carbonyl (C=O) groups is 1. The molecule has 2 unspecified atom stereocenters. The Balaban J connectivity index is 1.37. The molecule has 7 heteroatoms. The largest absolute Gasteiger partial charge is 0.497 e. The van der Waals surface area contributed by atoms with Crippen LogP contribution in [0.2, 0.25) is 0 Å². The second kappa shape index (κ2) is 11.5. The van der Waals surface area contributed by atoms with Crippen LogP contribution < -0.4 is 4.74 Å². The van der Waals surface area contributed by atoms with Crippen LogP contribution in [0.25, 0.3) is 10.9 Å². The molecular formula is C26H36N2O4S. The molecular weight excluding hydrogens is 436 g/mol. The van der Waals surface area contributed by atoms with Gasteiger partial charge in [-0.2, -0.15) is 11.8 Å². The molecule has 4 rings (SSSR count). The number of aliphatic carboxylic acids is 1. The minimum Gasteiger partial charge on any atom is -0.497 e. The van der Waals surface area contributed by atoms with Crippen LogP contribution in [0.5, 0.6) is 5.75 Å². The van der Waals surface area contributed by atoms with Gasteiger partial charge in [0.15, 0.2) is 0 Å². The highest BCUT2D eigenvalue weighted by Crippen LogP contribution is 2.36. The number of carboxylic acids is 1. The minimum atomic E-state index is -0.715. The number of pyridine rings is 1. The van der Waals surface area contributed by atoms with Crippen LogP contribution in [0.3, 0.4) is 0 Å². The van der Waals surface area contributed by atoms with Gasteiger partial charge in [0.1, 0.15) is 5.75 Å². The number of fused-ring (bicyclic) bond motifs is 1. The molecule has 3 atom stereocenters. The third kappa shape index (κ3) is 6.84. The topological polar surface area (TPSA) is 82.9 Å². The van der Waals surface area contributed by atoms with Gasteiger partial charge >= 0.3 is 5.97 Å². The van der Waals surface area contributed by atoms with Crippen LogP contribution in [0.15, 0.2) is 30.5 Å². The van der Waals surface area contributed by atoms with Crippen LogP contribution in [0, 0.1) is 11.8 Å². The first-order valence-corrected chi connectivity index (χ1v) is 13.2. The van der Waals surface area contributed by atoms with Crippen molar-refractivity contribution in [3.8, 4) is 5.75 Å². The highest BCUT2D eigenvalue weighted by Gasteiger charge is 2.30. The molecule has 33 heavy (non-hydrogen) atoms. The number of piperidine rings is 1. The van der Waals surface area contributed by atoms with Crippen LogP contribution in [-0.2, 0) is 4.79 Å². The SMILES string of the molecule is COc1ccc2nccc([C@@H](O)CCC3CCN(CCSC4CC4)CC3CCC(=O)O)c2c1. The number of aliphatic hydroxyl groups is 1. The highest BCUT2D eigenvalue weighted by molar-refractivity contribution is 8.00. The third-order valence-electron chi connectivity index (χ3n) is 7.14. The number of thioether (sulfide) groups is 1. The second-order valence-corrected chi connectivity index (χ2v) is 10.9. The normalized spacial score (nSPS) is 22.4. The Kier molecular flexibility index (Phi) is 8.50. The number of rotatable bonds is 12. The Morgan fingerprint density at radius 3 is 2.85 bits per heavy atom. The molecule has 2 aromatic rings. The van der Waals surface area contributed by atoms with Gasteiger partial charge < -0.3 is 19.8 Å². The van der Waals surface area contributed by atoms with Gasteiger partial charge in [0, 0.05) is 42.1 Å². The molecule has 1 saturated heterocycles. The van der Waals surface area contributed by atoms with E-state index in [4.69, 9.17) is 4.74 Å². The fraction of sp³-hybridized carbons (Fsp3) is 0.615. The average molecular weight is 473 g/mol. The Morgan fingerprint density at radius 1 is 1.24 bits per heavy atom. The molecule has 0 radical (unpaired) electrons. The van der Waals surface area contributed by atoms with Gasteiger partial charge in [-0.05, 0) is 86.7 Å². The lowest BCUT2D eigenvalue weighted by molar-refractivity contribution is -0.137. The molecule has 2 heterocycles. The summed E-state index contributed by atoms with van der Waals surface area (Å²) in [6, 6.07) is 7.64. The Hall–Kier alpha value is -1.83. The zero-order valence-corrected chi connectivity index (χ0v) is 20.3.